The molecule has 1 N–H and O–H groups in total. The molecule has 0 amide bonds. The van der Waals surface area contributed by atoms with Crippen LogP contribution in [-0.2, 0) is 13.6 Å². The molecule has 9 heteroatoms. The van der Waals surface area contributed by atoms with Gasteiger partial charge in [0.1, 0.15) is 10.7 Å². The highest BCUT2D eigenvalue weighted by Gasteiger charge is 2.12. The van der Waals surface area contributed by atoms with Gasteiger partial charge in [-0.25, -0.2) is 9.67 Å². The standard InChI is InChI=1S/C17H15Cl2N7/c1-10-7-14(18)26(23-10)12-5-3-11(4-6-12)9-25-15-13(24(2)17(25)20)8-21-16(19)22-15/h3-8,20H,9H2,1-2H3. The lowest BCUT2D eigenvalue weighted by molar-refractivity contribution is 0.691. The van der Waals surface area contributed by atoms with Crippen LogP contribution < -0.4 is 5.62 Å². The summed E-state index contributed by atoms with van der Waals surface area (Å²) in [7, 11) is 1.81. The van der Waals surface area contributed by atoms with Crippen molar-refractivity contribution in [3.63, 3.8) is 0 Å². The van der Waals surface area contributed by atoms with E-state index >= 15 is 0 Å². The molecular weight excluding hydrogens is 373 g/mol. The Labute approximate surface area is 159 Å². The van der Waals surface area contributed by atoms with E-state index in [9.17, 15) is 0 Å². The van der Waals surface area contributed by atoms with E-state index in [1.54, 1.807) is 20.0 Å². The van der Waals surface area contributed by atoms with Crippen molar-refractivity contribution in [1.29, 1.82) is 5.41 Å². The molecule has 0 bridgehead atoms. The molecule has 26 heavy (non-hydrogen) atoms. The average molecular weight is 388 g/mol. The topological polar surface area (TPSA) is 77.3 Å². The summed E-state index contributed by atoms with van der Waals surface area (Å²) in [5.74, 6) is 0. The van der Waals surface area contributed by atoms with Gasteiger partial charge in [-0.15, -0.1) is 0 Å². The Bertz CT molecular complexity index is 1170. The summed E-state index contributed by atoms with van der Waals surface area (Å²) in [5.41, 5.74) is 4.48. The van der Waals surface area contributed by atoms with Gasteiger partial charge in [-0.3, -0.25) is 9.98 Å². The molecule has 0 aliphatic rings. The maximum absolute atomic E-state index is 8.33. The summed E-state index contributed by atoms with van der Waals surface area (Å²) in [5, 5.41) is 13.4. The Morgan fingerprint density at radius 3 is 2.54 bits per heavy atom. The Hall–Kier alpha value is -2.64. The number of imidazole rings is 1. The molecule has 0 unspecified atom stereocenters. The molecule has 4 aromatic rings. The first-order valence-electron chi connectivity index (χ1n) is 7.88. The summed E-state index contributed by atoms with van der Waals surface area (Å²) >= 11 is 12.1. The van der Waals surface area contributed by atoms with E-state index in [-0.39, 0.29) is 5.28 Å². The Balaban J connectivity index is 1.71. The van der Waals surface area contributed by atoms with Gasteiger partial charge in [0.05, 0.1) is 24.1 Å². The van der Waals surface area contributed by atoms with Crippen LogP contribution in [0.2, 0.25) is 10.4 Å². The number of nitrogens with one attached hydrogen (secondary N) is 1. The second-order valence-corrected chi connectivity index (χ2v) is 6.73. The molecule has 7 nitrogen and oxygen atoms in total. The van der Waals surface area contributed by atoms with E-state index in [1.807, 2.05) is 44.3 Å². The van der Waals surface area contributed by atoms with Crippen molar-refractivity contribution < 1.29 is 0 Å². The zero-order valence-electron chi connectivity index (χ0n) is 14.1. The molecule has 0 saturated heterocycles. The number of fused-ring (bicyclic) bond motifs is 1. The summed E-state index contributed by atoms with van der Waals surface area (Å²) < 4.78 is 5.21. The monoisotopic (exact) mass is 387 g/mol. The predicted octanol–water partition coefficient (Wildman–Crippen LogP) is 3.10. The highest BCUT2D eigenvalue weighted by atomic mass is 35.5. The van der Waals surface area contributed by atoms with Crippen molar-refractivity contribution in [3.8, 4) is 5.69 Å². The van der Waals surface area contributed by atoms with Gasteiger partial charge in [-0.05, 0) is 42.3 Å². The number of aryl methyl sites for hydroxylation is 2. The van der Waals surface area contributed by atoms with Crippen LogP contribution in [0.4, 0.5) is 0 Å². The van der Waals surface area contributed by atoms with Gasteiger partial charge >= 0.3 is 0 Å². The fraction of sp³-hybridized carbons (Fsp3) is 0.176. The van der Waals surface area contributed by atoms with Gasteiger partial charge in [0.2, 0.25) is 10.9 Å². The van der Waals surface area contributed by atoms with Crippen molar-refractivity contribution in [2.45, 2.75) is 13.5 Å². The van der Waals surface area contributed by atoms with Crippen LogP contribution in [0.1, 0.15) is 11.3 Å². The molecule has 0 aliphatic carbocycles. The first-order chi connectivity index (χ1) is 12.4. The zero-order valence-corrected chi connectivity index (χ0v) is 15.6. The number of hydrogen-bond donors (Lipinski definition) is 1. The van der Waals surface area contributed by atoms with Crippen LogP contribution in [-0.4, -0.2) is 28.9 Å². The molecule has 1 aromatic carbocycles. The van der Waals surface area contributed by atoms with Crippen molar-refractivity contribution >= 4 is 34.4 Å². The van der Waals surface area contributed by atoms with E-state index in [0.717, 1.165) is 22.5 Å². The van der Waals surface area contributed by atoms with E-state index in [4.69, 9.17) is 28.6 Å². The first kappa shape index (κ1) is 16.8. The number of benzene rings is 1. The molecule has 0 fully saturated rings. The zero-order chi connectivity index (χ0) is 18.4. The van der Waals surface area contributed by atoms with Crippen LogP contribution in [0.5, 0.6) is 0 Å². The van der Waals surface area contributed by atoms with Crippen LogP contribution in [0.3, 0.4) is 0 Å². The molecule has 0 saturated carbocycles. The fourth-order valence-electron chi connectivity index (χ4n) is 2.90. The minimum Gasteiger partial charge on any atom is -0.311 e. The minimum atomic E-state index is 0.163. The first-order valence-corrected chi connectivity index (χ1v) is 8.63. The maximum atomic E-state index is 8.33. The second kappa shape index (κ2) is 6.26. The average Bonchev–Trinajstić information content (AvgIpc) is 3.07. The lowest BCUT2D eigenvalue weighted by Crippen LogP contribution is -2.23. The van der Waals surface area contributed by atoms with Crippen LogP contribution in [0.15, 0.2) is 36.5 Å². The highest BCUT2D eigenvalue weighted by Crippen LogP contribution is 2.18. The Morgan fingerprint density at radius 2 is 1.88 bits per heavy atom. The molecular formula is C17H15Cl2N7. The quantitative estimate of drug-likeness (QED) is 0.548. The van der Waals surface area contributed by atoms with Crippen molar-refractivity contribution in [2.24, 2.45) is 7.05 Å². The minimum absolute atomic E-state index is 0.163. The van der Waals surface area contributed by atoms with Gasteiger partial charge in [0, 0.05) is 7.05 Å². The van der Waals surface area contributed by atoms with Gasteiger partial charge in [-0.1, -0.05) is 23.7 Å². The normalized spacial score (nSPS) is 11.4. The van der Waals surface area contributed by atoms with E-state index < -0.39 is 0 Å². The molecule has 0 atom stereocenters. The smallest absolute Gasteiger partial charge is 0.224 e. The number of hydrogen-bond acceptors (Lipinski definition) is 4. The lowest BCUT2D eigenvalue weighted by Gasteiger charge is -2.07. The molecule has 0 radical (unpaired) electrons. The van der Waals surface area contributed by atoms with Crippen molar-refractivity contribution in [3.05, 3.63) is 63.8 Å². The van der Waals surface area contributed by atoms with Gasteiger partial charge in [-0.2, -0.15) is 10.1 Å². The van der Waals surface area contributed by atoms with E-state index in [1.165, 1.54) is 0 Å². The highest BCUT2D eigenvalue weighted by molar-refractivity contribution is 6.29. The molecule has 3 aromatic heterocycles. The van der Waals surface area contributed by atoms with Gasteiger partial charge < -0.3 is 4.57 Å². The largest absolute Gasteiger partial charge is 0.311 e. The van der Waals surface area contributed by atoms with E-state index in [2.05, 4.69) is 15.1 Å². The number of nitrogens with zero attached hydrogens (tertiary/aromatic N) is 6. The van der Waals surface area contributed by atoms with Crippen LogP contribution in [0.25, 0.3) is 16.9 Å². The number of halogens is 2. The Morgan fingerprint density at radius 1 is 1.15 bits per heavy atom. The third-order valence-electron chi connectivity index (χ3n) is 4.22. The molecule has 0 aliphatic heterocycles. The Kier molecular flexibility index (Phi) is 4.05. The molecule has 132 valence electrons. The molecule has 3 heterocycles. The van der Waals surface area contributed by atoms with Crippen LogP contribution >= 0.6 is 23.2 Å². The van der Waals surface area contributed by atoms with Crippen molar-refractivity contribution in [1.82, 2.24) is 28.9 Å². The van der Waals surface area contributed by atoms with Gasteiger partial charge in [0.25, 0.3) is 0 Å². The van der Waals surface area contributed by atoms with E-state index in [0.29, 0.717) is 23.0 Å². The fourth-order valence-corrected chi connectivity index (χ4v) is 3.32. The number of rotatable bonds is 3. The maximum Gasteiger partial charge on any atom is 0.224 e. The lowest BCUT2D eigenvalue weighted by atomic mass is 10.2. The van der Waals surface area contributed by atoms with Crippen molar-refractivity contribution in [2.75, 3.05) is 0 Å². The second-order valence-electron chi connectivity index (χ2n) is 6.00. The summed E-state index contributed by atoms with van der Waals surface area (Å²) in [6.45, 7) is 2.40. The summed E-state index contributed by atoms with van der Waals surface area (Å²) in [6.07, 6.45) is 1.63. The van der Waals surface area contributed by atoms with Gasteiger partial charge in [0.15, 0.2) is 5.65 Å². The SMILES string of the molecule is Cc1cc(Cl)n(-c2ccc(Cn3c(=N)n(C)c4cnc(Cl)nc43)cc2)n1. The summed E-state index contributed by atoms with van der Waals surface area (Å²) in [4.78, 5) is 8.28. The number of aromatic nitrogens is 6. The third kappa shape index (κ3) is 2.79. The van der Waals surface area contributed by atoms with Crippen LogP contribution in [0, 0.1) is 12.3 Å². The third-order valence-corrected chi connectivity index (χ3v) is 4.67. The molecule has 4 rings (SSSR count). The predicted molar refractivity (Wildman–Crippen MR) is 99.8 cm³/mol. The molecule has 0 spiro atoms. The summed E-state index contributed by atoms with van der Waals surface area (Å²) in [6, 6.07) is 9.68.